The van der Waals surface area contributed by atoms with E-state index in [2.05, 4.69) is 4.84 Å². The van der Waals surface area contributed by atoms with Gasteiger partial charge in [-0.05, 0) is 36.6 Å². The van der Waals surface area contributed by atoms with E-state index in [1.54, 1.807) is 18.9 Å². The van der Waals surface area contributed by atoms with Gasteiger partial charge in [0.25, 0.3) is 5.09 Å². The van der Waals surface area contributed by atoms with Gasteiger partial charge in [-0.3, -0.25) is 4.79 Å². The zero-order valence-electron chi connectivity index (χ0n) is 14.3. The molecule has 0 fully saturated rings. The normalized spacial score (nSPS) is 13.3. The number of rotatable bonds is 7. The number of fused-ring (bicyclic) bond motifs is 1. The third-order valence-corrected chi connectivity index (χ3v) is 4.77. The van der Waals surface area contributed by atoms with Crippen LogP contribution in [-0.4, -0.2) is 54.5 Å². The highest BCUT2D eigenvalue weighted by Crippen LogP contribution is 2.30. The second-order valence-electron chi connectivity index (χ2n) is 5.45. The highest BCUT2D eigenvalue weighted by molar-refractivity contribution is 7.99. The smallest absolute Gasteiger partial charge is 0.397 e. The number of ether oxygens (including phenoxy) is 2. The van der Waals surface area contributed by atoms with E-state index in [4.69, 9.17) is 9.47 Å². The number of carbonyl (C=O) groups excluding carboxylic acids is 2. The van der Waals surface area contributed by atoms with Crippen LogP contribution in [0.3, 0.4) is 0 Å². The summed E-state index contributed by atoms with van der Waals surface area (Å²) in [7, 11) is 1.57. The lowest BCUT2D eigenvalue weighted by atomic mass is 10.2. The molecule has 0 bridgehead atoms. The first-order valence-electron chi connectivity index (χ1n) is 8.04. The standard InChI is InChI=1S/C16H20N2O7S/c1-23-13-4-5-14-12(10-13)11-17(6-9-26-14)15(19)16(20)24-7-2-3-8-25-18(21)22/h4-5,10H,2-3,6-9,11H2,1H3. The van der Waals surface area contributed by atoms with Crippen molar-refractivity contribution in [2.45, 2.75) is 24.3 Å². The lowest BCUT2D eigenvalue weighted by molar-refractivity contribution is -0.757. The van der Waals surface area contributed by atoms with Crippen LogP contribution in [0.1, 0.15) is 18.4 Å². The van der Waals surface area contributed by atoms with Gasteiger partial charge in [0.2, 0.25) is 0 Å². The minimum atomic E-state index is -0.920. The first-order valence-corrected chi connectivity index (χ1v) is 9.03. The zero-order valence-corrected chi connectivity index (χ0v) is 15.2. The molecule has 0 aromatic heterocycles. The van der Waals surface area contributed by atoms with Gasteiger partial charge in [-0.25, -0.2) is 4.79 Å². The van der Waals surface area contributed by atoms with Crippen molar-refractivity contribution >= 4 is 23.6 Å². The van der Waals surface area contributed by atoms with Crippen LogP contribution in [0, 0.1) is 10.1 Å². The maximum absolute atomic E-state index is 12.3. The van der Waals surface area contributed by atoms with Crippen LogP contribution in [-0.2, 0) is 25.7 Å². The predicted octanol–water partition coefficient (Wildman–Crippen LogP) is 1.66. The summed E-state index contributed by atoms with van der Waals surface area (Å²) in [5.41, 5.74) is 0.921. The lowest BCUT2D eigenvalue weighted by Crippen LogP contribution is -2.38. The summed E-state index contributed by atoms with van der Waals surface area (Å²) < 4.78 is 10.2. The van der Waals surface area contributed by atoms with Crippen molar-refractivity contribution in [1.29, 1.82) is 0 Å². The SMILES string of the molecule is COc1ccc2c(c1)CN(C(=O)C(=O)OCCCCO[N+](=O)[O-])CCS2. The Morgan fingerprint density at radius 1 is 1.31 bits per heavy atom. The molecule has 1 aromatic rings. The van der Waals surface area contributed by atoms with Crippen LogP contribution in [0.4, 0.5) is 0 Å². The topological polar surface area (TPSA) is 108 Å². The second-order valence-corrected chi connectivity index (χ2v) is 6.59. The largest absolute Gasteiger partial charge is 0.497 e. The van der Waals surface area contributed by atoms with Gasteiger partial charge in [-0.1, -0.05) is 0 Å². The van der Waals surface area contributed by atoms with Crippen molar-refractivity contribution in [3.63, 3.8) is 0 Å². The highest BCUT2D eigenvalue weighted by Gasteiger charge is 2.26. The Morgan fingerprint density at radius 3 is 2.81 bits per heavy atom. The Kier molecular flexibility index (Phi) is 7.52. The fourth-order valence-electron chi connectivity index (χ4n) is 2.37. The number of benzene rings is 1. The summed E-state index contributed by atoms with van der Waals surface area (Å²) in [5.74, 6) is -0.242. The van der Waals surface area contributed by atoms with E-state index < -0.39 is 17.0 Å². The number of thioether (sulfide) groups is 1. The molecule has 0 saturated heterocycles. The molecule has 1 heterocycles. The molecule has 0 atom stereocenters. The van der Waals surface area contributed by atoms with Gasteiger partial charge in [0.1, 0.15) is 5.75 Å². The molecule has 1 aromatic carbocycles. The van der Waals surface area contributed by atoms with E-state index in [0.29, 0.717) is 37.4 Å². The Bertz CT molecular complexity index is 668. The summed E-state index contributed by atoms with van der Waals surface area (Å²) in [6, 6.07) is 5.66. The molecular formula is C16H20N2O7S. The monoisotopic (exact) mass is 384 g/mol. The van der Waals surface area contributed by atoms with Gasteiger partial charge in [0.05, 0.1) is 20.3 Å². The predicted molar refractivity (Wildman–Crippen MR) is 92.3 cm³/mol. The molecule has 1 aliphatic rings. The average Bonchev–Trinajstić information content (AvgIpc) is 2.84. The van der Waals surface area contributed by atoms with Gasteiger partial charge in [0.15, 0.2) is 0 Å². The molecule has 10 heteroatoms. The highest BCUT2D eigenvalue weighted by atomic mass is 32.2. The fourth-order valence-corrected chi connectivity index (χ4v) is 3.37. The van der Waals surface area contributed by atoms with Gasteiger partial charge in [-0.2, -0.15) is 0 Å². The molecule has 0 N–H and O–H groups in total. The molecule has 0 aliphatic carbocycles. The maximum Gasteiger partial charge on any atom is 0.397 e. The molecule has 26 heavy (non-hydrogen) atoms. The van der Waals surface area contributed by atoms with Crippen LogP contribution in [0.2, 0.25) is 0 Å². The molecular weight excluding hydrogens is 364 g/mol. The summed E-state index contributed by atoms with van der Waals surface area (Å²) in [5, 5.41) is 9.12. The molecule has 1 amide bonds. The van der Waals surface area contributed by atoms with E-state index in [9.17, 15) is 19.7 Å². The summed E-state index contributed by atoms with van der Waals surface area (Å²) in [6.45, 7) is 0.690. The summed E-state index contributed by atoms with van der Waals surface area (Å²) in [6.07, 6.45) is 0.735. The van der Waals surface area contributed by atoms with Crippen molar-refractivity contribution in [2.24, 2.45) is 0 Å². The number of methoxy groups -OCH3 is 1. The summed E-state index contributed by atoms with van der Waals surface area (Å²) in [4.78, 5) is 40.9. The average molecular weight is 384 g/mol. The molecule has 9 nitrogen and oxygen atoms in total. The minimum Gasteiger partial charge on any atom is -0.497 e. The third-order valence-electron chi connectivity index (χ3n) is 3.68. The van der Waals surface area contributed by atoms with Gasteiger partial charge < -0.3 is 19.2 Å². The van der Waals surface area contributed by atoms with Gasteiger partial charge in [-0.15, -0.1) is 21.9 Å². The van der Waals surface area contributed by atoms with Crippen LogP contribution >= 0.6 is 11.8 Å². The lowest BCUT2D eigenvalue weighted by Gasteiger charge is -2.19. The quantitative estimate of drug-likeness (QED) is 0.230. The van der Waals surface area contributed by atoms with E-state index in [1.807, 2.05) is 18.2 Å². The number of unbranched alkanes of at least 4 members (excludes halogenated alkanes) is 1. The second kappa shape index (κ2) is 9.85. The number of amides is 1. The van der Waals surface area contributed by atoms with E-state index in [-0.39, 0.29) is 13.2 Å². The van der Waals surface area contributed by atoms with Gasteiger partial charge >= 0.3 is 11.9 Å². The van der Waals surface area contributed by atoms with E-state index in [1.165, 1.54) is 4.90 Å². The maximum atomic E-state index is 12.3. The number of carbonyl (C=O) groups is 2. The number of esters is 1. The fraction of sp³-hybridized carbons (Fsp3) is 0.500. The van der Waals surface area contributed by atoms with Gasteiger partial charge in [0, 0.05) is 23.7 Å². The molecule has 1 aliphatic heterocycles. The Morgan fingerprint density at radius 2 is 2.08 bits per heavy atom. The molecule has 0 radical (unpaired) electrons. The Hall–Kier alpha value is -2.49. The first-order chi connectivity index (χ1) is 12.5. The first kappa shape index (κ1) is 19.8. The van der Waals surface area contributed by atoms with Crippen LogP contribution < -0.4 is 4.74 Å². The van der Waals surface area contributed by atoms with Crippen LogP contribution in [0.5, 0.6) is 5.75 Å². The molecule has 142 valence electrons. The molecule has 0 unspecified atom stereocenters. The van der Waals surface area contributed by atoms with Crippen LogP contribution in [0.15, 0.2) is 23.1 Å². The van der Waals surface area contributed by atoms with Crippen molar-refractivity contribution in [3.05, 3.63) is 33.9 Å². The van der Waals surface area contributed by atoms with E-state index >= 15 is 0 Å². The van der Waals surface area contributed by atoms with Crippen molar-refractivity contribution in [2.75, 3.05) is 32.6 Å². The Labute approximate surface area is 154 Å². The molecule has 0 spiro atoms. The Balaban J connectivity index is 1.84. The van der Waals surface area contributed by atoms with Crippen molar-refractivity contribution in [3.8, 4) is 5.75 Å². The zero-order chi connectivity index (χ0) is 18.9. The van der Waals surface area contributed by atoms with Crippen molar-refractivity contribution < 1.29 is 29.0 Å². The number of hydrogen-bond acceptors (Lipinski definition) is 8. The molecule has 0 saturated carbocycles. The van der Waals surface area contributed by atoms with Crippen molar-refractivity contribution in [1.82, 2.24) is 4.90 Å². The van der Waals surface area contributed by atoms with Crippen LogP contribution in [0.25, 0.3) is 0 Å². The third kappa shape index (κ3) is 5.80. The summed E-state index contributed by atoms with van der Waals surface area (Å²) >= 11 is 1.62. The van der Waals surface area contributed by atoms with E-state index in [0.717, 1.165) is 10.5 Å². The molecule has 2 rings (SSSR count). The number of nitrogens with zero attached hydrogens (tertiary/aromatic N) is 2. The minimum absolute atomic E-state index is 0.0125. The number of hydrogen-bond donors (Lipinski definition) is 0.